The molecule has 4 heteroatoms. The van der Waals surface area contributed by atoms with Gasteiger partial charge in [-0.3, -0.25) is 0 Å². The lowest BCUT2D eigenvalue weighted by atomic mass is 10.0. The molecule has 0 unspecified atom stereocenters. The van der Waals surface area contributed by atoms with Gasteiger partial charge in [0.2, 0.25) is 0 Å². The molecule has 0 aliphatic heterocycles. The van der Waals surface area contributed by atoms with Gasteiger partial charge < -0.3 is 15.2 Å². The number of hydrogen-bond acceptors (Lipinski definition) is 3. The molecule has 1 fully saturated rings. The molecule has 0 saturated heterocycles. The molecule has 2 rings (SSSR count). The molecule has 94 valence electrons. The number of nitrogens with two attached hydrogens (primary N) is 1. The van der Waals surface area contributed by atoms with Crippen molar-refractivity contribution in [3.63, 3.8) is 0 Å². The molecule has 0 radical (unpaired) electrons. The van der Waals surface area contributed by atoms with E-state index in [2.05, 4.69) is 15.9 Å². The Morgan fingerprint density at radius 2 is 1.94 bits per heavy atom. The summed E-state index contributed by atoms with van der Waals surface area (Å²) in [4.78, 5) is 0. The van der Waals surface area contributed by atoms with E-state index in [-0.39, 0.29) is 6.04 Å². The topological polar surface area (TPSA) is 44.5 Å². The molecule has 1 aliphatic rings. The van der Waals surface area contributed by atoms with Crippen molar-refractivity contribution >= 4 is 15.9 Å². The van der Waals surface area contributed by atoms with Gasteiger partial charge in [-0.1, -0.05) is 12.8 Å². The Kier molecular flexibility index (Phi) is 3.94. The highest BCUT2D eigenvalue weighted by Gasteiger charge is 2.26. The molecular formula is C13H18BrNO2. The van der Waals surface area contributed by atoms with E-state index in [0.29, 0.717) is 0 Å². The third-order valence-electron chi connectivity index (χ3n) is 3.19. The van der Waals surface area contributed by atoms with Gasteiger partial charge in [0.15, 0.2) is 0 Å². The van der Waals surface area contributed by atoms with Crippen LogP contribution in [0, 0.1) is 5.92 Å². The van der Waals surface area contributed by atoms with Crippen LogP contribution in [0.2, 0.25) is 0 Å². The van der Waals surface area contributed by atoms with Crippen LogP contribution in [0.1, 0.15) is 30.9 Å². The van der Waals surface area contributed by atoms with E-state index in [1.54, 1.807) is 14.2 Å². The Hall–Kier alpha value is -0.740. The minimum absolute atomic E-state index is 0.0273. The van der Waals surface area contributed by atoms with E-state index in [9.17, 15) is 0 Å². The number of hydrogen-bond donors (Lipinski definition) is 1. The zero-order chi connectivity index (χ0) is 12.4. The van der Waals surface area contributed by atoms with Gasteiger partial charge in [0.05, 0.1) is 18.7 Å². The minimum Gasteiger partial charge on any atom is -0.496 e. The maximum atomic E-state index is 6.24. The summed E-state index contributed by atoms with van der Waals surface area (Å²) >= 11 is 3.45. The monoisotopic (exact) mass is 299 g/mol. The molecule has 0 spiro atoms. The first kappa shape index (κ1) is 12.7. The Bertz CT molecular complexity index is 405. The van der Waals surface area contributed by atoms with Crippen LogP contribution in [0.4, 0.5) is 0 Å². The number of methoxy groups -OCH3 is 2. The Labute approximate surface area is 110 Å². The smallest absolute Gasteiger partial charge is 0.133 e. The molecule has 3 nitrogen and oxygen atoms in total. The number of halogens is 1. The van der Waals surface area contributed by atoms with Crippen molar-refractivity contribution in [1.82, 2.24) is 0 Å². The Morgan fingerprint density at radius 3 is 2.47 bits per heavy atom. The van der Waals surface area contributed by atoms with E-state index in [4.69, 9.17) is 15.2 Å². The second-order valence-corrected chi connectivity index (χ2v) is 5.37. The average Bonchev–Trinajstić information content (AvgIpc) is 3.12. The largest absolute Gasteiger partial charge is 0.496 e. The van der Waals surface area contributed by atoms with E-state index in [1.807, 2.05) is 12.1 Å². The summed E-state index contributed by atoms with van der Waals surface area (Å²) < 4.78 is 11.6. The number of ether oxygens (including phenoxy) is 2. The maximum Gasteiger partial charge on any atom is 0.133 e. The molecule has 17 heavy (non-hydrogen) atoms. The van der Waals surface area contributed by atoms with Crippen LogP contribution in [0.5, 0.6) is 11.5 Å². The van der Waals surface area contributed by atoms with E-state index >= 15 is 0 Å². The summed E-state index contributed by atoms with van der Waals surface area (Å²) in [5, 5.41) is 0. The normalized spacial score (nSPS) is 16.7. The van der Waals surface area contributed by atoms with Gasteiger partial charge in [-0.25, -0.2) is 0 Å². The first-order chi connectivity index (χ1) is 8.15. The fourth-order valence-corrected chi connectivity index (χ4v) is 2.50. The van der Waals surface area contributed by atoms with Gasteiger partial charge in [0.25, 0.3) is 0 Å². The van der Waals surface area contributed by atoms with Crippen molar-refractivity contribution in [1.29, 1.82) is 0 Å². The number of rotatable bonds is 5. The zero-order valence-electron chi connectivity index (χ0n) is 10.2. The lowest BCUT2D eigenvalue weighted by molar-refractivity contribution is 0.391. The fourth-order valence-electron chi connectivity index (χ4n) is 2.01. The van der Waals surface area contributed by atoms with Gasteiger partial charge in [0.1, 0.15) is 11.5 Å². The molecule has 0 aromatic heterocycles. The highest BCUT2D eigenvalue weighted by atomic mass is 79.9. The highest BCUT2D eigenvalue weighted by Crippen LogP contribution is 2.41. The second kappa shape index (κ2) is 5.27. The van der Waals surface area contributed by atoms with Gasteiger partial charge in [0, 0.05) is 11.6 Å². The zero-order valence-corrected chi connectivity index (χ0v) is 11.8. The van der Waals surface area contributed by atoms with Crippen molar-refractivity contribution in [2.24, 2.45) is 11.7 Å². The highest BCUT2D eigenvalue weighted by molar-refractivity contribution is 9.10. The molecule has 0 heterocycles. The lowest BCUT2D eigenvalue weighted by Gasteiger charge is -2.17. The third-order valence-corrected chi connectivity index (χ3v) is 3.81. The molecule has 1 atom stereocenters. The van der Waals surface area contributed by atoms with E-state index < -0.39 is 0 Å². The summed E-state index contributed by atoms with van der Waals surface area (Å²) in [6.45, 7) is 0. The van der Waals surface area contributed by atoms with E-state index in [0.717, 1.165) is 33.9 Å². The van der Waals surface area contributed by atoms with Crippen LogP contribution in [-0.2, 0) is 0 Å². The predicted molar refractivity (Wildman–Crippen MR) is 71.5 cm³/mol. The molecule has 1 aromatic rings. The van der Waals surface area contributed by atoms with Crippen LogP contribution in [0.15, 0.2) is 16.6 Å². The summed E-state index contributed by atoms with van der Waals surface area (Å²) in [6, 6.07) is 3.91. The maximum absolute atomic E-state index is 6.24. The van der Waals surface area contributed by atoms with Crippen molar-refractivity contribution in [2.75, 3.05) is 14.2 Å². The Morgan fingerprint density at radius 1 is 1.29 bits per heavy atom. The van der Waals surface area contributed by atoms with Crippen molar-refractivity contribution in [3.05, 3.63) is 22.2 Å². The standard InChI is InChI=1S/C13H18BrNO2/c1-16-12-7-10(14)13(17-2)6-9(12)11(15)5-8-3-4-8/h6-8,11H,3-5,15H2,1-2H3/t11-/m1/s1. The summed E-state index contributed by atoms with van der Waals surface area (Å²) in [6.07, 6.45) is 3.65. The minimum atomic E-state index is 0.0273. The van der Waals surface area contributed by atoms with Crippen molar-refractivity contribution in [2.45, 2.75) is 25.3 Å². The molecule has 1 aromatic carbocycles. The van der Waals surface area contributed by atoms with Crippen LogP contribution in [-0.4, -0.2) is 14.2 Å². The molecule has 0 bridgehead atoms. The second-order valence-electron chi connectivity index (χ2n) is 4.51. The molecule has 1 saturated carbocycles. The van der Waals surface area contributed by atoms with Gasteiger partial charge in [-0.2, -0.15) is 0 Å². The summed E-state index contributed by atoms with van der Waals surface area (Å²) in [5.74, 6) is 2.42. The quantitative estimate of drug-likeness (QED) is 0.907. The summed E-state index contributed by atoms with van der Waals surface area (Å²) in [7, 11) is 3.32. The first-order valence-corrected chi connectivity index (χ1v) is 6.62. The summed E-state index contributed by atoms with van der Waals surface area (Å²) in [5.41, 5.74) is 7.26. The Balaban J connectivity index is 2.28. The molecule has 1 aliphatic carbocycles. The predicted octanol–water partition coefficient (Wildman–Crippen LogP) is 3.27. The van der Waals surface area contributed by atoms with Crippen LogP contribution >= 0.6 is 15.9 Å². The van der Waals surface area contributed by atoms with Crippen molar-refractivity contribution < 1.29 is 9.47 Å². The molecular weight excluding hydrogens is 282 g/mol. The average molecular weight is 300 g/mol. The SMILES string of the molecule is COc1cc([C@H](N)CC2CC2)c(OC)cc1Br. The van der Waals surface area contributed by atoms with Gasteiger partial charge in [-0.15, -0.1) is 0 Å². The van der Waals surface area contributed by atoms with Gasteiger partial charge >= 0.3 is 0 Å². The lowest BCUT2D eigenvalue weighted by Crippen LogP contribution is -2.12. The molecule has 0 amide bonds. The van der Waals surface area contributed by atoms with Crippen LogP contribution in [0.25, 0.3) is 0 Å². The van der Waals surface area contributed by atoms with Crippen molar-refractivity contribution in [3.8, 4) is 11.5 Å². The van der Waals surface area contributed by atoms with Gasteiger partial charge in [-0.05, 0) is 40.4 Å². The van der Waals surface area contributed by atoms with Crippen LogP contribution in [0.3, 0.4) is 0 Å². The first-order valence-electron chi connectivity index (χ1n) is 5.82. The van der Waals surface area contributed by atoms with E-state index in [1.165, 1.54) is 12.8 Å². The number of benzene rings is 1. The fraction of sp³-hybridized carbons (Fsp3) is 0.538. The van der Waals surface area contributed by atoms with Crippen LogP contribution < -0.4 is 15.2 Å². The third kappa shape index (κ3) is 2.93. The molecule has 2 N–H and O–H groups in total.